The standard InChI is InChI=1S/C15H21NO4/c1-5-8-16-15(18)11(3)20-14-9-12(19-4)6-7-13(14)10(2)17/h5-7,9-11,17H,1,8H2,2-4H3,(H,16,18)/t10-,11?/m1/s1. The number of nitrogens with one attached hydrogen (secondary N) is 1. The van der Waals surface area contributed by atoms with Gasteiger partial charge < -0.3 is 19.9 Å². The molecule has 0 spiro atoms. The smallest absolute Gasteiger partial charge is 0.261 e. The second-order valence-electron chi connectivity index (χ2n) is 4.37. The Balaban J connectivity index is 2.88. The van der Waals surface area contributed by atoms with Crippen molar-refractivity contribution in [1.82, 2.24) is 5.32 Å². The summed E-state index contributed by atoms with van der Waals surface area (Å²) >= 11 is 0. The molecule has 0 fully saturated rings. The van der Waals surface area contributed by atoms with Crippen LogP contribution in [0.3, 0.4) is 0 Å². The zero-order valence-electron chi connectivity index (χ0n) is 12.1. The Bertz CT molecular complexity index is 471. The van der Waals surface area contributed by atoms with Crippen molar-refractivity contribution >= 4 is 5.91 Å². The average Bonchev–Trinajstić information content (AvgIpc) is 2.44. The molecule has 1 rings (SSSR count). The van der Waals surface area contributed by atoms with Gasteiger partial charge in [-0.25, -0.2) is 0 Å². The maximum atomic E-state index is 11.8. The lowest BCUT2D eigenvalue weighted by molar-refractivity contribution is -0.127. The number of amides is 1. The molecule has 5 heteroatoms. The Labute approximate surface area is 119 Å². The van der Waals surface area contributed by atoms with Crippen molar-refractivity contribution in [2.75, 3.05) is 13.7 Å². The molecule has 0 bridgehead atoms. The summed E-state index contributed by atoms with van der Waals surface area (Å²) in [5.74, 6) is 0.785. The van der Waals surface area contributed by atoms with Gasteiger partial charge in [-0.3, -0.25) is 4.79 Å². The zero-order chi connectivity index (χ0) is 15.1. The summed E-state index contributed by atoms with van der Waals surface area (Å²) in [4.78, 5) is 11.8. The molecular weight excluding hydrogens is 258 g/mol. The van der Waals surface area contributed by atoms with Crippen molar-refractivity contribution in [2.24, 2.45) is 0 Å². The van der Waals surface area contributed by atoms with E-state index in [1.165, 1.54) is 0 Å². The van der Waals surface area contributed by atoms with Gasteiger partial charge in [-0.2, -0.15) is 0 Å². The van der Waals surface area contributed by atoms with E-state index in [1.54, 1.807) is 45.2 Å². The summed E-state index contributed by atoms with van der Waals surface area (Å²) in [5, 5.41) is 12.4. The van der Waals surface area contributed by atoms with E-state index < -0.39 is 12.2 Å². The lowest BCUT2D eigenvalue weighted by Crippen LogP contribution is -2.36. The van der Waals surface area contributed by atoms with E-state index in [4.69, 9.17) is 9.47 Å². The van der Waals surface area contributed by atoms with Crippen LogP contribution in [0.5, 0.6) is 11.5 Å². The minimum Gasteiger partial charge on any atom is -0.497 e. The number of hydrogen-bond donors (Lipinski definition) is 2. The quantitative estimate of drug-likeness (QED) is 0.747. The van der Waals surface area contributed by atoms with Gasteiger partial charge in [-0.05, 0) is 26.0 Å². The van der Waals surface area contributed by atoms with Crippen LogP contribution in [0.4, 0.5) is 0 Å². The molecule has 5 nitrogen and oxygen atoms in total. The summed E-state index contributed by atoms with van der Waals surface area (Å²) in [6.45, 7) is 7.19. The molecule has 1 unspecified atom stereocenters. The molecule has 0 saturated carbocycles. The van der Waals surface area contributed by atoms with Crippen LogP contribution in [0.25, 0.3) is 0 Å². The Kier molecular flexibility index (Phi) is 6.06. The van der Waals surface area contributed by atoms with E-state index in [2.05, 4.69) is 11.9 Å². The van der Waals surface area contributed by atoms with Crippen molar-refractivity contribution in [3.8, 4) is 11.5 Å². The lowest BCUT2D eigenvalue weighted by Gasteiger charge is -2.18. The van der Waals surface area contributed by atoms with Crippen molar-refractivity contribution in [3.05, 3.63) is 36.4 Å². The number of rotatable bonds is 7. The van der Waals surface area contributed by atoms with Crippen LogP contribution in [-0.4, -0.2) is 30.8 Å². The second kappa shape index (κ2) is 7.55. The molecule has 110 valence electrons. The molecule has 1 aromatic rings. The lowest BCUT2D eigenvalue weighted by atomic mass is 10.1. The topological polar surface area (TPSA) is 67.8 Å². The third kappa shape index (κ3) is 4.28. The molecular formula is C15H21NO4. The van der Waals surface area contributed by atoms with Crippen molar-refractivity contribution in [2.45, 2.75) is 26.1 Å². The van der Waals surface area contributed by atoms with Crippen LogP contribution in [0, 0.1) is 0 Å². The number of carbonyl (C=O) groups is 1. The van der Waals surface area contributed by atoms with Gasteiger partial charge in [0.15, 0.2) is 6.10 Å². The number of benzene rings is 1. The van der Waals surface area contributed by atoms with Crippen LogP contribution in [0.1, 0.15) is 25.5 Å². The third-order valence-electron chi connectivity index (χ3n) is 2.76. The molecule has 0 aromatic heterocycles. The second-order valence-corrected chi connectivity index (χ2v) is 4.37. The number of aliphatic hydroxyl groups is 1. The Morgan fingerprint density at radius 3 is 2.75 bits per heavy atom. The fourth-order valence-electron chi connectivity index (χ4n) is 1.65. The molecule has 1 amide bonds. The van der Waals surface area contributed by atoms with Gasteiger partial charge in [0, 0.05) is 18.2 Å². The van der Waals surface area contributed by atoms with Crippen LogP contribution in [-0.2, 0) is 4.79 Å². The minimum absolute atomic E-state index is 0.246. The van der Waals surface area contributed by atoms with Crippen molar-refractivity contribution in [3.63, 3.8) is 0 Å². The Hall–Kier alpha value is -2.01. The predicted molar refractivity (Wildman–Crippen MR) is 76.9 cm³/mol. The molecule has 20 heavy (non-hydrogen) atoms. The summed E-state index contributed by atoms with van der Waals surface area (Å²) in [5.41, 5.74) is 0.606. The third-order valence-corrected chi connectivity index (χ3v) is 2.76. The van der Waals surface area contributed by atoms with Gasteiger partial charge in [0.25, 0.3) is 5.91 Å². The summed E-state index contributed by atoms with van der Waals surface area (Å²) < 4.78 is 10.7. The monoisotopic (exact) mass is 279 g/mol. The fourth-order valence-corrected chi connectivity index (χ4v) is 1.65. The first-order valence-electron chi connectivity index (χ1n) is 6.40. The molecule has 0 heterocycles. The molecule has 1 aromatic carbocycles. The highest BCUT2D eigenvalue weighted by molar-refractivity contribution is 5.80. The average molecular weight is 279 g/mol. The molecule has 0 aliphatic heterocycles. The molecule has 0 saturated heterocycles. The summed E-state index contributed by atoms with van der Waals surface area (Å²) in [6, 6.07) is 5.10. The molecule has 2 N–H and O–H groups in total. The summed E-state index contributed by atoms with van der Waals surface area (Å²) in [6.07, 6.45) is 0.219. The Morgan fingerprint density at radius 2 is 2.20 bits per heavy atom. The van der Waals surface area contributed by atoms with Crippen LogP contribution in [0.15, 0.2) is 30.9 Å². The number of carbonyl (C=O) groups excluding carboxylic acids is 1. The van der Waals surface area contributed by atoms with Crippen LogP contribution in [0.2, 0.25) is 0 Å². The molecule has 0 aliphatic carbocycles. The van der Waals surface area contributed by atoms with Gasteiger partial charge in [-0.15, -0.1) is 6.58 Å². The van der Waals surface area contributed by atoms with E-state index in [0.717, 1.165) is 0 Å². The van der Waals surface area contributed by atoms with E-state index in [-0.39, 0.29) is 5.91 Å². The van der Waals surface area contributed by atoms with Crippen molar-refractivity contribution in [1.29, 1.82) is 0 Å². The van der Waals surface area contributed by atoms with Gasteiger partial charge >= 0.3 is 0 Å². The van der Waals surface area contributed by atoms with Crippen LogP contribution >= 0.6 is 0 Å². The van der Waals surface area contributed by atoms with Gasteiger partial charge in [0.05, 0.1) is 13.2 Å². The number of hydrogen-bond acceptors (Lipinski definition) is 4. The first kappa shape index (κ1) is 16.0. The highest BCUT2D eigenvalue weighted by atomic mass is 16.5. The fraction of sp³-hybridized carbons (Fsp3) is 0.400. The van der Waals surface area contributed by atoms with Gasteiger partial charge in [0.2, 0.25) is 0 Å². The first-order chi connectivity index (χ1) is 9.49. The maximum absolute atomic E-state index is 11.8. The van der Waals surface area contributed by atoms with E-state index in [1.807, 2.05) is 0 Å². The van der Waals surface area contributed by atoms with Crippen molar-refractivity contribution < 1.29 is 19.4 Å². The maximum Gasteiger partial charge on any atom is 0.261 e. The molecule has 2 atom stereocenters. The number of methoxy groups -OCH3 is 1. The van der Waals surface area contributed by atoms with Gasteiger partial charge in [-0.1, -0.05) is 6.08 Å². The largest absolute Gasteiger partial charge is 0.497 e. The van der Waals surface area contributed by atoms with Crippen LogP contribution < -0.4 is 14.8 Å². The van der Waals surface area contributed by atoms with E-state index in [0.29, 0.717) is 23.6 Å². The van der Waals surface area contributed by atoms with Gasteiger partial charge in [0.1, 0.15) is 11.5 Å². The normalized spacial score (nSPS) is 13.2. The van der Waals surface area contributed by atoms with E-state index in [9.17, 15) is 9.90 Å². The molecule has 0 radical (unpaired) electrons. The predicted octanol–water partition coefficient (Wildman–Crippen LogP) is 1.82. The SMILES string of the molecule is C=CCNC(=O)C(C)Oc1cc(OC)ccc1[C@@H](C)O. The highest BCUT2D eigenvalue weighted by Crippen LogP contribution is 2.30. The number of ether oxygens (including phenoxy) is 2. The zero-order valence-corrected chi connectivity index (χ0v) is 12.1. The molecule has 0 aliphatic rings. The Morgan fingerprint density at radius 1 is 1.50 bits per heavy atom. The first-order valence-corrected chi connectivity index (χ1v) is 6.40. The highest BCUT2D eigenvalue weighted by Gasteiger charge is 2.18. The van der Waals surface area contributed by atoms with E-state index >= 15 is 0 Å². The minimum atomic E-state index is -0.695. The summed E-state index contributed by atoms with van der Waals surface area (Å²) in [7, 11) is 1.54. The number of aliphatic hydroxyl groups excluding tert-OH is 1.